The molecule has 2 atom stereocenters. The largest absolute Gasteiger partial charge is 0.382 e. The van der Waals surface area contributed by atoms with E-state index in [0.717, 1.165) is 24.8 Å². The lowest BCUT2D eigenvalue weighted by Gasteiger charge is -2.18. The first-order chi connectivity index (χ1) is 9.17. The van der Waals surface area contributed by atoms with E-state index in [1.54, 1.807) is 0 Å². The van der Waals surface area contributed by atoms with Gasteiger partial charge in [-0.05, 0) is 37.3 Å². The SMILES string of the molecule is CCCC1CCCC(Nc2cc(F)cc(F)c2)CC1. The molecule has 1 fully saturated rings. The highest BCUT2D eigenvalue weighted by atomic mass is 19.1. The third-order valence-corrected chi connectivity index (χ3v) is 4.02. The maximum absolute atomic E-state index is 13.1. The highest BCUT2D eigenvalue weighted by Gasteiger charge is 2.18. The van der Waals surface area contributed by atoms with Crippen molar-refractivity contribution in [1.29, 1.82) is 0 Å². The Balaban J connectivity index is 1.92. The lowest BCUT2D eigenvalue weighted by Crippen LogP contribution is -2.18. The molecular weight excluding hydrogens is 244 g/mol. The van der Waals surface area contributed by atoms with Crippen molar-refractivity contribution >= 4 is 5.69 Å². The molecule has 106 valence electrons. The van der Waals surface area contributed by atoms with Crippen molar-refractivity contribution in [2.75, 3.05) is 5.32 Å². The average molecular weight is 267 g/mol. The summed E-state index contributed by atoms with van der Waals surface area (Å²) in [5, 5.41) is 3.29. The topological polar surface area (TPSA) is 12.0 Å². The number of nitrogens with one attached hydrogen (secondary N) is 1. The van der Waals surface area contributed by atoms with Crippen LogP contribution >= 0.6 is 0 Å². The first-order valence-corrected chi connectivity index (χ1v) is 7.40. The minimum Gasteiger partial charge on any atom is -0.382 e. The van der Waals surface area contributed by atoms with Gasteiger partial charge in [-0.3, -0.25) is 0 Å². The van der Waals surface area contributed by atoms with Gasteiger partial charge in [0.1, 0.15) is 11.6 Å². The Morgan fingerprint density at radius 3 is 2.47 bits per heavy atom. The third-order valence-electron chi connectivity index (χ3n) is 4.02. The van der Waals surface area contributed by atoms with Crippen LogP contribution in [0.5, 0.6) is 0 Å². The van der Waals surface area contributed by atoms with Gasteiger partial charge in [0.2, 0.25) is 0 Å². The second-order valence-electron chi connectivity index (χ2n) is 5.66. The predicted octanol–water partition coefficient (Wildman–Crippen LogP) is 5.13. The normalized spacial score (nSPS) is 23.9. The Morgan fingerprint density at radius 1 is 1.05 bits per heavy atom. The van der Waals surface area contributed by atoms with E-state index in [-0.39, 0.29) is 0 Å². The molecule has 1 nitrogen and oxygen atoms in total. The summed E-state index contributed by atoms with van der Waals surface area (Å²) >= 11 is 0. The molecule has 1 aliphatic rings. The number of anilines is 1. The van der Waals surface area contributed by atoms with E-state index >= 15 is 0 Å². The summed E-state index contributed by atoms with van der Waals surface area (Å²) in [7, 11) is 0. The smallest absolute Gasteiger partial charge is 0.128 e. The Kier molecular flexibility index (Phi) is 5.17. The standard InChI is InChI=1S/C16H23F2N/c1-2-4-12-5-3-6-15(8-7-12)19-16-10-13(17)9-14(18)11-16/h9-12,15,19H,2-8H2,1H3. The Bertz CT molecular complexity index is 385. The van der Waals surface area contributed by atoms with E-state index in [1.165, 1.54) is 44.2 Å². The summed E-state index contributed by atoms with van der Waals surface area (Å²) in [4.78, 5) is 0. The molecule has 0 spiro atoms. The maximum atomic E-state index is 13.1. The first-order valence-electron chi connectivity index (χ1n) is 7.40. The summed E-state index contributed by atoms with van der Waals surface area (Å²) in [6, 6.07) is 4.01. The van der Waals surface area contributed by atoms with Crippen LogP contribution in [0.25, 0.3) is 0 Å². The van der Waals surface area contributed by atoms with Crippen molar-refractivity contribution in [3.8, 4) is 0 Å². The second kappa shape index (κ2) is 6.88. The fourth-order valence-electron chi connectivity index (χ4n) is 3.09. The Hall–Kier alpha value is -1.12. The third kappa shape index (κ3) is 4.48. The minimum atomic E-state index is -0.514. The van der Waals surface area contributed by atoms with Gasteiger partial charge in [0.25, 0.3) is 0 Å². The van der Waals surface area contributed by atoms with Crippen LogP contribution in [0.15, 0.2) is 18.2 Å². The molecule has 0 aromatic heterocycles. The molecule has 0 aliphatic heterocycles. The molecule has 0 bridgehead atoms. The number of benzene rings is 1. The fraction of sp³-hybridized carbons (Fsp3) is 0.625. The lowest BCUT2D eigenvalue weighted by atomic mass is 9.95. The molecule has 0 radical (unpaired) electrons. The quantitative estimate of drug-likeness (QED) is 0.746. The Morgan fingerprint density at radius 2 is 1.79 bits per heavy atom. The van der Waals surface area contributed by atoms with Gasteiger partial charge in [0, 0.05) is 17.8 Å². The van der Waals surface area contributed by atoms with Crippen LogP contribution in [0.1, 0.15) is 51.9 Å². The highest BCUT2D eigenvalue weighted by molar-refractivity contribution is 5.44. The van der Waals surface area contributed by atoms with Crippen molar-refractivity contribution in [3.63, 3.8) is 0 Å². The molecule has 2 unspecified atom stereocenters. The van der Waals surface area contributed by atoms with Crippen molar-refractivity contribution in [2.45, 2.75) is 57.9 Å². The highest BCUT2D eigenvalue weighted by Crippen LogP contribution is 2.28. The van der Waals surface area contributed by atoms with E-state index in [4.69, 9.17) is 0 Å². The number of halogens is 2. The van der Waals surface area contributed by atoms with Gasteiger partial charge in [-0.2, -0.15) is 0 Å². The van der Waals surface area contributed by atoms with Crippen LogP contribution in [0.3, 0.4) is 0 Å². The number of rotatable bonds is 4. The fourth-order valence-corrected chi connectivity index (χ4v) is 3.09. The maximum Gasteiger partial charge on any atom is 0.128 e. The van der Waals surface area contributed by atoms with Crippen LogP contribution < -0.4 is 5.32 Å². The summed E-state index contributed by atoms with van der Waals surface area (Å²) in [5.41, 5.74) is 0.566. The number of hydrogen-bond donors (Lipinski definition) is 1. The summed E-state index contributed by atoms with van der Waals surface area (Å²) < 4.78 is 26.3. The average Bonchev–Trinajstić information content (AvgIpc) is 2.54. The molecule has 3 heteroatoms. The zero-order valence-corrected chi connectivity index (χ0v) is 11.6. The first kappa shape index (κ1) is 14.3. The summed E-state index contributed by atoms with van der Waals surface area (Å²) in [6.07, 6.45) is 8.48. The minimum absolute atomic E-state index is 0.350. The molecule has 0 heterocycles. The van der Waals surface area contributed by atoms with Gasteiger partial charge >= 0.3 is 0 Å². The lowest BCUT2D eigenvalue weighted by molar-refractivity contribution is 0.422. The van der Waals surface area contributed by atoms with E-state index in [0.29, 0.717) is 11.7 Å². The van der Waals surface area contributed by atoms with Crippen molar-refractivity contribution in [1.82, 2.24) is 0 Å². The zero-order chi connectivity index (χ0) is 13.7. The molecule has 19 heavy (non-hydrogen) atoms. The Labute approximate surface area is 114 Å². The molecule has 0 amide bonds. The molecule has 2 rings (SSSR count). The molecule has 1 saturated carbocycles. The van der Waals surface area contributed by atoms with Gasteiger partial charge in [-0.25, -0.2) is 8.78 Å². The zero-order valence-electron chi connectivity index (χ0n) is 11.6. The van der Waals surface area contributed by atoms with Crippen LogP contribution in [0, 0.1) is 17.6 Å². The van der Waals surface area contributed by atoms with Crippen LogP contribution in [-0.4, -0.2) is 6.04 Å². The van der Waals surface area contributed by atoms with Crippen LogP contribution in [-0.2, 0) is 0 Å². The van der Waals surface area contributed by atoms with Gasteiger partial charge in [0.05, 0.1) is 0 Å². The van der Waals surface area contributed by atoms with Crippen LogP contribution in [0.2, 0.25) is 0 Å². The molecule has 1 N–H and O–H groups in total. The molecule has 1 aromatic rings. The van der Waals surface area contributed by atoms with E-state index in [2.05, 4.69) is 12.2 Å². The van der Waals surface area contributed by atoms with Gasteiger partial charge in [-0.15, -0.1) is 0 Å². The number of hydrogen-bond acceptors (Lipinski definition) is 1. The van der Waals surface area contributed by atoms with Crippen LogP contribution in [0.4, 0.5) is 14.5 Å². The molecular formula is C16H23F2N. The van der Waals surface area contributed by atoms with Crippen molar-refractivity contribution in [3.05, 3.63) is 29.8 Å². The predicted molar refractivity (Wildman–Crippen MR) is 75.3 cm³/mol. The summed E-state index contributed by atoms with van der Waals surface area (Å²) in [5.74, 6) is -0.194. The molecule has 0 saturated heterocycles. The van der Waals surface area contributed by atoms with Crippen molar-refractivity contribution < 1.29 is 8.78 Å². The van der Waals surface area contributed by atoms with E-state index < -0.39 is 11.6 Å². The summed E-state index contributed by atoms with van der Waals surface area (Å²) in [6.45, 7) is 2.23. The van der Waals surface area contributed by atoms with Crippen molar-refractivity contribution in [2.24, 2.45) is 5.92 Å². The monoisotopic (exact) mass is 267 g/mol. The molecule has 1 aliphatic carbocycles. The molecule has 1 aromatic carbocycles. The van der Waals surface area contributed by atoms with E-state index in [1.807, 2.05) is 0 Å². The van der Waals surface area contributed by atoms with Gasteiger partial charge in [-0.1, -0.05) is 32.6 Å². The van der Waals surface area contributed by atoms with E-state index in [9.17, 15) is 8.78 Å². The second-order valence-corrected chi connectivity index (χ2v) is 5.66. The van der Waals surface area contributed by atoms with Gasteiger partial charge in [0.15, 0.2) is 0 Å². The van der Waals surface area contributed by atoms with Gasteiger partial charge < -0.3 is 5.32 Å².